The molecular weight excluding hydrogens is 432 g/mol. The topological polar surface area (TPSA) is 128 Å². The van der Waals surface area contributed by atoms with Gasteiger partial charge in [-0.25, -0.2) is 9.78 Å². The van der Waals surface area contributed by atoms with E-state index in [9.17, 15) is 20.0 Å². The molecule has 3 N–H and O–H groups in total. The molecule has 0 spiro atoms. The standard InChI is InChI=1S/C26H28N4O4/c1-3-34-26(33)23(15-18-8-5-4-6-9-18)28-21(10-7-13-31)20(16-27)24-29-22-12-11-17(2)14-19(22)25(32)30-24/h4-6,8-9,11-12,14,23,28,31H,3,7,10,13,15H2,1-2H3,(H,29,30,32)/b21-20-/t23-/m0/s1. The molecule has 1 heterocycles. The molecule has 1 aromatic heterocycles. The largest absolute Gasteiger partial charge is 0.464 e. The minimum absolute atomic E-state index is 0.103. The van der Waals surface area contributed by atoms with Gasteiger partial charge in [-0.2, -0.15) is 5.26 Å². The van der Waals surface area contributed by atoms with Gasteiger partial charge in [-0.1, -0.05) is 42.0 Å². The summed E-state index contributed by atoms with van der Waals surface area (Å²) in [7, 11) is 0. The smallest absolute Gasteiger partial charge is 0.328 e. The lowest BCUT2D eigenvalue weighted by atomic mass is 10.0. The number of hydrogen-bond acceptors (Lipinski definition) is 7. The summed E-state index contributed by atoms with van der Waals surface area (Å²) in [6.45, 7) is 3.72. The van der Waals surface area contributed by atoms with Crippen LogP contribution in [-0.2, 0) is 16.0 Å². The number of aromatic amines is 1. The van der Waals surface area contributed by atoms with Crippen LogP contribution in [0.5, 0.6) is 0 Å². The molecule has 8 heteroatoms. The van der Waals surface area contributed by atoms with Crippen LogP contribution in [0.2, 0.25) is 0 Å². The molecule has 2 aromatic carbocycles. The summed E-state index contributed by atoms with van der Waals surface area (Å²) in [5, 5.41) is 23.0. The Morgan fingerprint density at radius 2 is 2.03 bits per heavy atom. The number of fused-ring (bicyclic) bond motifs is 1. The Bertz CT molecular complexity index is 1280. The molecule has 0 aliphatic carbocycles. The maximum Gasteiger partial charge on any atom is 0.328 e. The molecule has 1 atom stereocenters. The van der Waals surface area contributed by atoms with Crippen molar-refractivity contribution in [3.05, 3.63) is 81.5 Å². The number of rotatable bonds is 10. The summed E-state index contributed by atoms with van der Waals surface area (Å²) in [5.41, 5.74) is 2.46. The number of ether oxygens (including phenoxy) is 1. The average molecular weight is 461 g/mol. The summed E-state index contributed by atoms with van der Waals surface area (Å²) in [5.74, 6) is -0.354. The Morgan fingerprint density at radius 3 is 2.71 bits per heavy atom. The zero-order valence-corrected chi connectivity index (χ0v) is 19.3. The normalized spacial score (nSPS) is 12.5. The molecule has 3 rings (SSSR count). The van der Waals surface area contributed by atoms with Crippen molar-refractivity contribution in [1.82, 2.24) is 15.3 Å². The number of carbonyl (C=O) groups is 1. The zero-order chi connectivity index (χ0) is 24.5. The van der Waals surface area contributed by atoms with E-state index >= 15 is 0 Å². The highest BCUT2D eigenvalue weighted by Crippen LogP contribution is 2.20. The Hall–Kier alpha value is -3.96. The Morgan fingerprint density at radius 1 is 1.26 bits per heavy atom. The first-order valence-electron chi connectivity index (χ1n) is 11.2. The number of H-pyrrole nitrogens is 1. The first-order chi connectivity index (χ1) is 16.5. The highest BCUT2D eigenvalue weighted by molar-refractivity contribution is 5.83. The van der Waals surface area contributed by atoms with E-state index in [4.69, 9.17) is 4.74 Å². The van der Waals surface area contributed by atoms with E-state index in [0.717, 1.165) is 11.1 Å². The highest BCUT2D eigenvalue weighted by Gasteiger charge is 2.24. The van der Waals surface area contributed by atoms with E-state index in [2.05, 4.69) is 21.4 Å². The third-order valence-electron chi connectivity index (χ3n) is 5.30. The third kappa shape index (κ3) is 6.09. The van der Waals surface area contributed by atoms with Crippen LogP contribution in [-0.4, -0.2) is 40.3 Å². The van der Waals surface area contributed by atoms with Crippen molar-refractivity contribution in [2.45, 2.75) is 39.2 Å². The second-order valence-electron chi connectivity index (χ2n) is 7.87. The lowest BCUT2D eigenvalue weighted by molar-refractivity contribution is -0.145. The third-order valence-corrected chi connectivity index (χ3v) is 5.30. The second-order valence-corrected chi connectivity index (χ2v) is 7.87. The number of benzene rings is 2. The fourth-order valence-corrected chi connectivity index (χ4v) is 3.66. The number of esters is 1. The number of aromatic nitrogens is 2. The quantitative estimate of drug-likeness (QED) is 0.313. The highest BCUT2D eigenvalue weighted by atomic mass is 16.5. The monoisotopic (exact) mass is 460 g/mol. The van der Waals surface area contributed by atoms with Gasteiger partial charge in [0, 0.05) is 18.7 Å². The molecule has 0 unspecified atom stereocenters. The SMILES string of the molecule is CCOC(=O)[C@H](Cc1ccccc1)N/C(CCCO)=C(/C#N)c1nc2ccc(C)cc2c(=O)[nH]1. The molecule has 34 heavy (non-hydrogen) atoms. The van der Waals surface area contributed by atoms with Gasteiger partial charge < -0.3 is 20.1 Å². The predicted molar refractivity (Wildman–Crippen MR) is 130 cm³/mol. The molecule has 0 bridgehead atoms. The maximum absolute atomic E-state index is 12.8. The number of carbonyl (C=O) groups excluding carboxylic acids is 1. The lowest BCUT2D eigenvalue weighted by Gasteiger charge is -2.21. The minimum Gasteiger partial charge on any atom is -0.464 e. The summed E-state index contributed by atoms with van der Waals surface area (Å²) in [6.07, 6.45) is 0.965. The van der Waals surface area contributed by atoms with Crippen LogP contribution in [0.15, 0.2) is 59.0 Å². The summed E-state index contributed by atoms with van der Waals surface area (Å²) in [4.78, 5) is 32.6. The van der Waals surface area contributed by atoms with Crippen LogP contribution in [0.1, 0.15) is 36.7 Å². The van der Waals surface area contributed by atoms with Crippen molar-refractivity contribution in [3.63, 3.8) is 0 Å². The first-order valence-corrected chi connectivity index (χ1v) is 11.2. The number of aliphatic hydroxyl groups excluding tert-OH is 1. The van der Waals surface area contributed by atoms with Gasteiger partial charge in [0.15, 0.2) is 5.82 Å². The van der Waals surface area contributed by atoms with Gasteiger partial charge in [0.2, 0.25) is 0 Å². The van der Waals surface area contributed by atoms with Crippen molar-refractivity contribution >= 4 is 22.4 Å². The molecule has 0 aliphatic rings. The zero-order valence-electron chi connectivity index (χ0n) is 19.3. The second kappa shape index (κ2) is 11.8. The van der Waals surface area contributed by atoms with Gasteiger partial charge in [0.25, 0.3) is 5.56 Å². The van der Waals surface area contributed by atoms with Crippen LogP contribution in [0.4, 0.5) is 0 Å². The number of aryl methyl sites for hydroxylation is 1. The van der Waals surface area contributed by atoms with Crippen LogP contribution >= 0.6 is 0 Å². The van der Waals surface area contributed by atoms with Crippen molar-refractivity contribution < 1.29 is 14.6 Å². The summed E-state index contributed by atoms with van der Waals surface area (Å²) in [6, 6.07) is 16.1. The van der Waals surface area contributed by atoms with Crippen LogP contribution in [0.3, 0.4) is 0 Å². The molecule has 0 aliphatic heterocycles. The van der Waals surface area contributed by atoms with Crippen LogP contribution in [0, 0.1) is 18.3 Å². The van der Waals surface area contributed by atoms with Gasteiger partial charge >= 0.3 is 5.97 Å². The molecule has 0 amide bonds. The summed E-state index contributed by atoms with van der Waals surface area (Å²) >= 11 is 0. The Balaban J connectivity index is 2.07. The van der Waals surface area contributed by atoms with E-state index < -0.39 is 12.0 Å². The number of nitrogens with zero attached hydrogens (tertiary/aromatic N) is 2. The van der Waals surface area contributed by atoms with Gasteiger partial charge in [-0.15, -0.1) is 0 Å². The van der Waals surface area contributed by atoms with E-state index in [0.29, 0.717) is 29.4 Å². The number of nitrogens with one attached hydrogen (secondary N) is 2. The van der Waals surface area contributed by atoms with Gasteiger partial charge in [-0.05, 0) is 44.4 Å². The molecule has 176 valence electrons. The number of aliphatic hydroxyl groups is 1. The number of nitriles is 1. The molecule has 8 nitrogen and oxygen atoms in total. The number of hydrogen-bond donors (Lipinski definition) is 3. The fourth-order valence-electron chi connectivity index (χ4n) is 3.66. The Labute approximate surface area is 197 Å². The van der Waals surface area contributed by atoms with Crippen LogP contribution < -0.4 is 10.9 Å². The maximum atomic E-state index is 12.8. The molecule has 0 fully saturated rings. The average Bonchev–Trinajstić information content (AvgIpc) is 2.83. The first kappa shape index (κ1) is 24.7. The van der Waals surface area contributed by atoms with E-state index in [1.54, 1.807) is 19.1 Å². The van der Waals surface area contributed by atoms with E-state index in [1.807, 2.05) is 43.3 Å². The van der Waals surface area contributed by atoms with Crippen LogP contribution in [0.25, 0.3) is 16.5 Å². The predicted octanol–water partition coefficient (Wildman–Crippen LogP) is 3.00. The molecule has 0 saturated heterocycles. The number of allylic oxidation sites excluding steroid dienone is 2. The fraction of sp³-hybridized carbons (Fsp3) is 0.308. The summed E-state index contributed by atoms with van der Waals surface area (Å²) < 4.78 is 5.26. The molecular formula is C26H28N4O4. The Kier molecular flexibility index (Phi) is 8.54. The molecule has 0 saturated carbocycles. The van der Waals surface area contributed by atoms with Gasteiger partial charge in [0.05, 0.1) is 17.5 Å². The van der Waals surface area contributed by atoms with E-state index in [1.165, 1.54) is 0 Å². The van der Waals surface area contributed by atoms with Crippen molar-refractivity contribution in [2.75, 3.05) is 13.2 Å². The van der Waals surface area contributed by atoms with Crippen molar-refractivity contribution in [2.24, 2.45) is 0 Å². The van der Waals surface area contributed by atoms with Crippen molar-refractivity contribution in [3.8, 4) is 6.07 Å². The minimum atomic E-state index is -0.769. The van der Waals surface area contributed by atoms with Gasteiger partial charge in [0.1, 0.15) is 17.7 Å². The molecule has 3 aromatic rings. The van der Waals surface area contributed by atoms with Crippen molar-refractivity contribution in [1.29, 1.82) is 5.26 Å². The van der Waals surface area contributed by atoms with E-state index in [-0.39, 0.29) is 36.6 Å². The molecule has 0 radical (unpaired) electrons. The lowest BCUT2D eigenvalue weighted by Crippen LogP contribution is -2.40. The van der Waals surface area contributed by atoms with Gasteiger partial charge in [-0.3, -0.25) is 4.79 Å².